The molecule has 1 aliphatic heterocycles. The number of carbonyl (C=O) groups is 3. The van der Waals surface area contributed by atoms with E-state index in [9.17, 15) is 14.4 Å². The summed E-state index contributed by atoms with van der Waals surface area (Å²) in [5.74, 6) is 0.192. The Labute approximate surface area is 206 Å². The lowest BCUT2D eigenvalue weighted by atomic mass is 9.85. The highest BCUT2D eigenvalue weighted by Crippen LogP contribution is 2.29. The summed E-state index contributed by atoms with van der Waals surface area (Å²) in [5.41, 5.74) is 0.514. The van der Waals surface area contributed by atoms with E-state index >= 15 is 0 Å². The molecular formula is C26H34N4O5. The predicted octanol–water partition coefficient (Wildman–Crippen LogP) is 3.63. The molecule has 1 unspecified atom stereocenters. The van der Waals surface area contributed by atoms with Gasteiger partial charge in [0.05, 0.1) is 18.8 Å². The van der Waals surface area contributed by atoms with Crippen molar-refractivity contribution in [1.82, 2.24) is 20.2 Å². The number of amides is 2. The molecule has 2 amide bonds. The molecule has 0 spiro atoms. The SMILES string of the molecule is CC(C)(C)OC(=O)NC(C(=O)N1C[C@H](Oc2cncc(-c3ccncc3)c2)C[C@H]1C=O)C(C)(C)C. The molecule has 1 aliphatic rings. The molecule has 2 aromatic heterocycles. The monoisotopic (exact) mass is 482 g/mol. The van der Waals surface area contributed by atoms with E-state index in [2.05, 4.69) is 15.3 Å². The van der Waals surface area contributed by atoms with Gasteiger partial charge in [-0.2, -0.15) is 0 Å². The van der Waals surface area contributed by atoms with Gasteiger partial charge in [0.25, 0.3) is 0 Å². The lowest BCUT2D eigenvalue weighted by Crippen LogP contribution is -2.56. The number of alkyl carbamates (subject to hydrolysis) is 1. The Hall–Kier alpha value is -3.49. The first-order valence-corrected chi connectivity index (χ1v) is 11.6. The number of hydrogen-bond acceptors (Lipinski definition) is 7. The summed E-state index contributed by atoms with van der Waals surface area (Å²) in [6, 6.07) is 4.09. The maximum Gasteiger partial charge on any atom is 0.408 e. The molecule has 1 fully saturated rings. The van der Waals surface area contributed by atoms with Gasteiger partial charge in [0, 0.05) is 30.6 Å². The molecule has 35 heavy (non-hydrogen) atoms. The first-order chi connectivity index (χ1) is 16.4. The Bertz CT molecular complexity index is 1050. The van der Waals surface area contributed by atoms with Crippen molar-refractivity contribution in [1.29, 1.82) is 0 Å². The van der Waals surface area contributed by atoms with E-state index in [4.69, 9.17) is 9.47 Å². The molecule has 188 valence electrons. The molecule has 0 bridgehead atoms. The minimum Gasteiger partial charge on any atom is -0.487 e. The number of pyridine rings is 2. The normalized spacial score (nSPS) is 19.1. The molecular weight excluding hydrogens is 448 g/mol. The topological polar surface area (TPSA) is 111 Å². The van der Waals surface area contributed by atoms with Crippen molar-refractivity contribution >= 4 is 18.3 Å². The third kappa shape index (κ3) is 7.00. The average molecular weight is 483 g/mol. The second-order valence-corrected chi connectivity index (χ2v) is 10.8. The first kappa shape index (κ1) is 26.1. The third-order valence-electron chi connectivity index (χ3n) is 5.55. The van der Waals surface area contributed by atoms with Gasteiger partial charge in [0.15, 0.2) is 0 Å². The quantitative estimate of drug-likeness (QED) is 0.626. The number of carbonyl (C=O) groups excluding carboxylic acids is 3. The Morgan fingerprint density at radius 1 is 1.09 bits per heavy atom. The Kier molecular flexibility index (Phi) is 7.77. The Balaban J connectivity index is 1.74. The van der Waals surface area contributed by atoms with Crippen LogP contribution in [0, 0.1) is 5.41 Å². The summed E-state index contributed by atoms with van der Waals surface area (Å²) < 4.78 is 11.5. The van der Waals surface area contributed by atoms with E-state index in [0.717, 1.165) is 17.4 Å². The molecule has 1 saturated heterocycles. The van der Waals surface area contributed by atoms with Gasteiger partial charge in [-0.3, -0.25) is 14.8 Å². The maximum atomic E-state index is 13.5. The van der Waals surface area contributed by atoms with Crippen LogP contribution in [0.15, 0.2) is 43.0 Å². The molecule has 2 aromatic rings. The van der Waals surface area contributed by atoms with Crippen molar-refractivity contribution in [3.05, 3.63) is 43.0 Å². The van der Waals surface area contributed by atoms with Crippen LogP contribution in [0.3, 0.4) is 0 Å². The van der Waals surface area contributed by atoms with E-state index in [1.54, 1.807) is 45.6 Å². The predicted molar refractivity (Wildman–Crippen MR) is 131 cm³/mol. The first-order valence-electron chi connectivity index (χ1n) is 11.6. The molecule has 3 rings (SSSR count). The molecule has 1 N–H and O–H groups in total. The zero-order valence-corrected chi connectivity index (χ0v) is 21.1. The fourth-order valence-electron chi connectivity index (χ4n) is 3.91. The largest absolute Gasteiger partial charge is 0.487 e. The summed E-state index contributed by atoms with van der Waals surface area (Å²) in [6.45, 7) is 11.0. The summed E-state index contributed by atoms with van der Waals surface area (Å²) in [5, 5.41) is 2.70. The van der Waals surface area contributed by atoms with Gasteiger partial charge < -0.3 is 24.5 Å². The number of nitrogens with one attached hydrogen (secondary N) is 1. The van der Waals surface area contributed by atoms with Gasteiger partial charge in [-0.1, -0.05) is 20.8 Å². The van der Waals surface area contributed by atoms with Crippen LogP contribution in [0.2, 0.25) is 0 Å². The van der Waals surface area contributed by atoms with Gasteiger partial charge in [0.2, 0.25) is 5.91 Å². The van der Waals surface area contributed by atoms with Crippen LogP contribution in [-0.2, 0) is 14.3 Å². The number of aldehydes is 1. The van der Waals surface area contributed by atoms with Gasteiger partial charge >= 0.3 is 6.09 Å². The number of nitrogens with zero attached hydrogens (tertiary/aromatic N) is 3. The number of aromatic nitrogens is 2. The van der Waals surface area contributed by atoms with Gasteiger partial charge in [-0.05, 0) is 49.9 Å². The van der Waals surface area contributed by atoms with Gasteiger partial charge in [0.1, 0.15) is 29.8 Å². The highest BCUT2D eigenvalue weighted by atomic mass is 16.6. The number of likely N-dealkylation sites (tertiary alicyclic amines) is 1. The molecule has 3 heterocycles. The van der Waals surface area contributed by atoms with Crippen LogP contribution in [-0.4, -0.2) is 63.5 Å². The summed E-state index contributed by atoms with van der Waals surface area (Å²) in [7, 11) is 0. The van der Waals surface area contributed by atoms with Crippen LogP contribution in [0.4, 0.5) is 4.79 Å². The van der Waals surface area contributed by atoms with Crippen molar-refractivity contribution in [2.45, 2.75) is 71.8 Å². The van der Waals surface area contributed by atoms with Crippen molar-refractivity contribution in [2.24, 2.45) is 5.41 Å². The standard InChI is InChI=1S/C26H34N4O5/c1-25(2,3)22(29-24(33)35-26(4,5)6)23(32)30-15-21(12-19(30)16-31)34-20-11-18(13-28-14-20)17-7-9-27-10-8-17/h7-11,13-14,16,19,21-22H,12,15H2,1-6H3,(H,29,33)/t19-,21+,22?/m0/s1. The van der Waals surface area contributed by atoms with E-state index in [-0.39, 0.29) is 12.5 Å². The van der Waals surface area contributed by atoms with Gasteiger partial charge in [-0.15, -0.1) is 0 Å². The molecule has 9 nitrogen and oxygen atoms in total. The molecule has 0 aromatic carbocycles. The van der Waals surface area contributed by atoms with E-state index < -0.39 is 35.3 Å². The fraction of sp³-hybridized carbons (Fsp3) is 0.500. The highest BCUT2D eigenvalue weighted by Gasteiger charge is 2.43. The Morgan fingerprint density at radius 2 is 1.77 bits per heavy atom. The van der Waals surface area contributed by atoms with E-state index in [1.165, 1.54) is 4.90 Å². The van der Waals surface area contributed by atoms with Crippen LogP contribution in [0.5, 0.6) is 5.75 Å². The van der Waals surface area contributed by atoms with Crippen molar-refractivity contribution < 1.29 is 23.9 Å². The van der Waals surface area contributed by atoms with Crippen LogP contribution in [0.1, 0.15) is 48.0 Å². The lowest BCUT2D eigenvalue weighted by molar-refractivity contribution is -0.139. The van der Waals surface area contributed by atoms with Crippen LogP contribution < -0.4 is 10.1 Å². The minimum atomic E-state index is -0.879. The molecule has 3 atom stereocenters. The fourth-order valence-corrected chi connectivity index (χ4v) is 3.91. The maximum absolute atomic E-state index is 13.5. The number of rotatable bonds is 6. The molecule has 0 aliphatic carbocycles. The molecule has 0 radical (unpaired) electrons. The van der Waals surface area contributed by atoms with Gasteiger partial charge in [-0.25, -0.2) is 4.79 Å². The second kappa shape index (κ2) is 10.4. The molecule has 9 heteroatoms. The second-order valence-electron chi connectivity index (χ2n) is 10.8. The van der Waals surface area contributed by atoms with Crippen molar-refractivity contribution in [3.63, 3.8) is 0 Å². The smallest absolute Gasteiger partial charge is 0.408 e. The third-order valence-corrected chi connectivity index (χ3v) is 5.55. The lowest BCUT2D eigenvalue weighted by Gasteiger charge is -2.35. The average Bonchev–Trinajstić information content (AvgIpc) is 3.18. The van der Waals surface area contributed by atoms with E-state index in [1.807, 2.05) is 39.0 Å². The number of hydrogen-bond donors (Lipinski definition) is 1. The van der Waals surface area contributed by atoms with Crippen molar-refractivity contribution in [3.8, 4) is 16.9 Å². The van der Waals surface area contributed by atoms with Crippen LogP contribution >= 0.6 is 0 Å². The summed E-state index contributed by atoms with van der Waals surface area (Å²) >= 11 is 0. The summed E-state index contributed by atoms with van der Waals surface area (Å²) in [6.07, 6.45) is 6.76. The highest BCUT2D eigenvalue weighted by molar-refractivity contribution is 5.88. The number of ether oxygens (including phenoxy) is 2. The van der Waals surface area contributed by atoms with E-state index in [0.29, 0.717) is 12.2 Å². The summed E-state index contributed by atoms with van der Waals surface area (Å²) in [4.78, 5) is 47.6. The zero-order valence-electron chi connectivity index (χ0n) is 21.1. The minimum absolute atomic E-state index is 0.213. The zero-order chi connectivity index (χ0) is 25.8. The van der Waals surface area contributed by atoms with Crippen molar-refractivity contribution in [2.75, 3.05) is 6.54 Å². The Morgan fingerprint density at radius 3 is 2.37 bits per heavy atom. The molecule has 0 saturated carbocycles. The van der Waals surface area contributed by atoms with Crippen LogP contribution in [0.25, 0.3) is 11.1 Å².